The molecule has 0 atom stereocenters. The second-order valence-electron chi connectivity index (χ2n) is 3.29. The summed E-state index contributed by atoms with van der Waals surface area (Å²) in [4.78, 5) is 0. The summed E-state index contributed by atoms with van der Waals surface area (Å²) in [5.74, 6) is 0. The highest BCUT2D eigenvalue weighted by molar-refractivity contribution is 9.10. The Morgan fingerprint density at radius 1 is 0.929 bits per heavy atom. The van der Waals surface area contributed by atoms with Gasteiger partial charge in [0.05, 0.1) is 0 Å². The molecule has 69 valence electrons. The molecular formula is C13H10Br. The maximum Gasteiger partial charge on any atom is 0.0254 e. The van der Waals surface area contributed by atoms with E-state index in [0.717, 1.165) is 4.47 Å². The molecule has 0 aliphatic rings. The maximum absolute atomic E-state index is 3.37. The van der Waals surface area contributed by atoms with Gasteiger partial charge >= 0.3 is 0 Å². The number of halogens is 1. The fourth-order valence-corrected chi connectivity index (χ4v) is 1.58. The normalized spacial score (nSPS) is 10.1. The number of benzene rings is 2. The topological polar surface area (TPSA) is 0 Å². The van der Waals surface area contributed by atoms with Crippen molar-refractivity contribution < 1.29 is 0 Å². The van der Waals surface area contributed by atoms with Crippen LogP contribution in [0.15, 0.2) is 46.9 Å². The Balaban J connectivity index is 2.40. The highest BCUT2D eigenvalue weighted by atomic mass is 79.9. The van der Waals surface area contributed by atoms with Crippen molar-refractivity contribution in [1.29, 1.82) is 0 Å². The first-order chi connectivity index (χ1) is 6.75. The van der Waals surface area contributed by atoms with Crippen LogP contribution in [0.25, 0.3) is 11.1 Å². The molecule has 1 radical (unpaired) electrons. The van der Waals surface area contributed by atoms with Crippen molar-refractivity contribution in [3.8, 4) is 11.1 Å². The van der Waals surface area contributed by atoms with Gasteiger partial charge in [0, 0.05) is 4.47 Å². The SMILES string of the molecule is Cc1ccc(-c2c[c]c(Br)cc2)cc1. The van der Waals surface area contributed by atoms with Crippen LogP contribution in [0.1, 0.15) is 5.56 Å². The molecule has 0 aliphatic heterocycles. The molecule has 0 saturated carbocycles. The van der Waals surface area contributed by atoms with E-state index in [1.165, 1.54) is 16.7 Å². The summed E-state index contributed by atoms with van der Waals surface area (Å²) in [6.07, 6.45) is 0. The molecule has 0 amide bonds. The van der Waals surface area contributed by atoms with Gasteiger partial charge in [-0.1, -0.05) is 51.8 Å². The molecule has 0 bridgehead atoms. The predicted molar refractivity (Wildman–Crippen MR) is 63.2 cm³/mol. The smallest absolute Gasteiger partial charge is 0.0254 e. The van der Waals surface area contributed by atoms with E-state index in [2.05, 4.69) is 59.3 Å². The van der Waals surface area contributed by atoms with E-state index >= 15 is 0 Å². The quantitative estimate of drug-likeness (QED) is 0.706. The molecule has 0 heterocycles. The van der Waals surface area contributed by atoms with Gasteiger partial charge in [0.15, 0.2) is 0 Å². The van der Waals surface area contributed by atoms with Gasteiger partial charge in [-0.05, 0) is 36.2 Å². The highest BCUT2D eigenvalue weighted by Gasteiger charge is 1.96. The Morgan fingerprint density at radius 3 is 2.14 bits per heavy atom. The van der Waals surface area contributed by atoms with Gasteiger partial charge in [-0.3, -0.25) is 0 Å². The molecule has 14 heavy (non-hydrogen) atoms. The van der Waals surface area contributed by atoms with Gasteiger partial charge in [0.25, 0.3) is 0 Å². The minimum Gasteiger partial charge on any atom is -0.0587 e. The first-order valence-electron chi connectivity index (χ1n) is 4.50. The lowest BCUT2D eigenvalue weighted by Crippen LogP contribution is -1.78. The van der Waals surface area contributed by atoms with Crippen molar-refractivity contribution in [1.82, 2.24) is 0 Å². The maximum atomic E-state index is 3.37. The fraction of sp³-hybridized carbons (Fsp3) is 0.0769. The van der Waals surface area contributed by atoms with Crippen LogP contribution < -0.4 is 0 Å². The molecule has 0 unspecified atom stereocenters. The second-order valence-corrected chi connectivity index (χ2v) is 4.15. The Hall–Kier alpha value is -1.08. The lowest BCUT2D eigenvalue weighted by molar-refractivity contribution is 1.47. The number of hydrogen-bond donors (Lipinski definition) is 0. The summed E-state index contributed by atoms with van der Waals surface area (Å²) in [7, 11) is 0. The van der Waals surface area contributed by atoms with Crippen molar-refractivity contribution in [3.05, 3.63) is 58.6 Å². The summed E-state index contributed by atoms with van der Waals surface area (Å²) >= 11 is 3.37. The molecule has 0 nitrogen and oxygen atoms in total. The van der Waals surface area contributed by atoms with Crippen LogP contribution in [0.4, 0.5) is 0 Å². The molecule has 0 aromatic heterocycles. The molecule has 0 spiro atoms. The third-order valence-corrected chi connectivity index (χ3v) is 2.65. The molecule has 0 fully saturated rings. The molecule has 0 N–H and O–H groups in total. The summed E-state index contributed by atoms with van der Waals surface area (Å²) in [5.41, 5.74) is 3.72. The molecule has 2 aromatic carbocycles. The van der Waals surface area contributed by atoms with Crippen LogP contribution in [0.5, 0.6) is 0 Å². The standard InChI is InChI=1S/C13H10Br/c1-10-2-4-11(5-3-10)12-6-8-13(14)9-7-12/h2-8H,1H3. The monoisotopic (exact) mass is 245 g/mol. The number of rotatable bonds is 1. The predicted octanol–water partition coefficient (Wildman–Crippen LogP) is 4.22. The van der Waals surface area contributed by atoms with Gasteiger partial charge in [0.1, 0.15) is 0 Å². The zero-order valence-electron chi connectivity index (χ0n) is 7.92. The van der Waals surface area contributed by atoms with Crippen molar-refractivity contribution in [2.24, 2.45) is 0 Å². The fourth-order valence-electron chi connectivity index (χ4n) is 1.33. The first-order valence-corrected chi connectivity index (χ1v) is 5.29. The first kappa shape index (κ1) is 9.47. The Labute approximate surface area is 92.7 Å². The minimum atomic E-state index is 0.994. The van der Waals surface area contributed by atoms with Crippen LogP contribution >= 0.6 is 15.9 Å². The lowest BCUT2D eigenvalue weighted by Gasteiger charge is -2.01. The van der Waals surface area contributed by atoms with Gasteiger partial charge < -0.3 is 0 Å². The Bertz CT molecular complexity index is 368. The van der Waals surface area contributed by atoms with E-state index in [-0.39, 0.29) is 0 Å². The molecule has 2 aromatic rings. The number of aryl methyl sites for hydroxylation is 1. The van der Waals surface area contributed by atoms with E-state index < -0.39 is 0 Å². The van der Waals surface area contributed by atoms with Crippen LogP contribution in [0.3, 0.4) is 0 Å². The summed E-state index contributed by atoms with van der Waals surface area (Å²) in [5, 5.41) is 0. The Kier molecular flexibility index (Phi) is 2.69. The van der Waals surface area contributed by atoms with E-state index in [9.17, 15) is 0 Å². The van der Waals surface area contributed by atoms with Crippen molar-refractivity contribution >= 4 is 15.9 Å². The second kappa shape index (κ2) is 3.97. The summed E-state index contributed by atoms with van der Waals surface area (Å²) < 4.78 is 0.994. The molecule has 0 aliphatic carbocycles. The van der Waals surface area contributed by atoms with E-state index in [1.54, 1.807) is 0 Å². The van der Waals surface area contributed by atoms with Crippen molar-refractivity contribution in [3.63, 3.8) is 0 Å². The molecule has 1 heteroatoms. The zero-order valence-corrected chi connectivity index (χ0v) is 9.51. The molecular weight excluding hydrogens is 236 g/mol. The lowest BCUT2D eigenvalue weighted by atomic mass is 10.0. The highest BCUT2D eigenvalue weighted by Crippen LogP contribution is 2.21. The van der Waals surface area contributed by atoms with Crippen LogP contribution in [-0.2, 0) is 0 Å². The van der Waals surface area contributed by atoms with Crippen LogP contribution in [0.2, 0.25) is 0 Å². The van der Waals surface area contributed by atoms with Crippen molar-refractivity contribution in [2.75, 3.05) is 0 Å². The van der Waals surface area contributed by atoms with Gasteiger partial charge in [0.2, 0.25) is 0 Å². The summed E-state index contributed by atoms with van der Waals surface area (Å²) in [6.45, 7) is 2.09. The summed E-state index contributed by atoms with van der Waals surface area (Å²) in [6, 6.07) is 17.7. The average Bonchev–Trinajstić information content (AvgIpc) is 2.21. The van der Waals surface area contributed by atoms with Gasteiger partial charge in [-0.15, -0.1) is 0 Å². The van der Waals surface area contributed by atoms with Crippen LogP contribution in [-0.4, -0.2) is 0 Å². The van der Waals surface area contributed by atoms with Gasteiger partial charge in [-0.25, -0.2) is 0 Å². The van der Waals surface area contributed by atoms with Crippen molar-refractivity contribution in [2.45, 2.75) is 6.92 Å². The third-order valence-electron chi connectivity index (χ3n) is 2.16. The van der Waals surface area contributed by atoms with Gasteiger partial charge in [-0.2, -0.15) is 0 Å². The minimum absolute atomic E-state index is 0.994. The van der Waals surface area contributed by atoms with E-state index in [0.29, 0.717) is 0 Å². The third kappa shape index (κ3) is 2.05. The number of hydrogen-bond acceptors (Lipinski definition) is 0. The Morgan fingerprint density at radius 2 is 1.57 bits per heavy atom. The zero-order chi connectivity index (χ0) is 9.97. The largest absolute Gasteiger partial charge is 0.0587 e. The van der Waals surface area contributed by atoms with E-state index in [1.807, 2.05) is 12.1 Å². The average molecular weight is 246 g/mol. The molecule has 2 rings (SSSR count). The van der Waals surface area contributed by atoms with E-state index in [4.69, 9.17) is 0 Å². The molecule has 0 saturated heterocycles. The van der Waals surface area contributed by atoms with Crippen LogP contribution in [0, 0.1) is 13.0 Å².